The number of aryl methyl sites for hydroxylation is 1. The Morgan fingerprint density at radius 1 is 1.12 bits per heavy atom. The molecule has 0 fully saturated rings. The van der Waals surface area contributed by atoms with Crippen LogP contribution in [0.3, 0.4) is 0 Å². The summed E-state index contributed by atoms with van der Waals surface area (Å²) in [4.78, 5) is 12.2. The Bertz CT molecular complexity index is 998. The minimum atomic E-state index is -0.368. The fourth-order valence-corrected chi connectivity index (χ4v) is 2.41. The van der Waals surface area contributed by atoms with Gasteiger partial charge in [-0.1, -0.05) is 24.1 Å². The van der Waals surface area contributed by atoms with Crippen molar-refractivity contribution < 1.29 is 9.47 Å². The SMILES string of the molecule is C#Cc1cccc(-n2nnn(C)c2=O)c1COc1ccccc1OC. The van der Waals surface area contributed by atoms with E-state index in [0.29, 0.717) is 28.3 Å². The summed E-state index contributed by atoms with van der Waals surface area (Å²) in [5, 5.41) is 7.62. The van der Waals surface area contributed by atoms with Crippen molar-refractivity contribution >= 4 is 0 Å². The molecule has 0 spiro atoms. The van der Waals surface area contributed by atoms with E-state index in [2.05, 4.69) is 16.3 Å². The second kappa shape index (κ2) is 6.93. The van der Waals surface area contributed by atoms with Crippen LogP contribution in [0.4, 0.5) is 0 Å². The molecule has 0 saturated heterocycles. The van der Waals surface area contributed by atoms with Crippen molar-refractivity contribution in [3.8, 4) is 29.5 Å². The van der Waals surface area contributed by atoms with Gasteiger partial charge in [-0.15, -0.1) is 6.42 Å². The van der Waals surface area contributed by atoms with Crippen LogP contribution in [0.1, 0.15) is 11.1 Å². The lowest BCUT2D eigenvalue weighted by atomic mass is 10.1. The molecule has 0 atom stereocenters. The highest BCUT2D eigenvalue weighted by molar-refractivity contribution is 5.51. The first-order valence-electron chi connectivity index (χ1n) is 7.49. The smallest absolute Gasteiger partial charge is 0.368 e. The topological polar surface area (TPSA) is 71.2 Å². The number of hydrogen-bond acceptors (Lipinski definition) is 5. The van der Waals surface area contributed by atoms with Gasteiger partial charge in [0.2, 0.25) is 0 Å². The first-order valence-corrected chi connectivity index (χ1v) is 7.49. The Morgan fingerprint density at radius 3 is 2.52 bits per heavy atom. The van der Waals surface area contributed by atoms with Gasteiger partial charge in [-0.05, 0) is 34.7 Å². The Balaban J connectivity index is 2.02. The van der Waals surface area contributed by atoms with Gasteiger partial charge in [0.1, 0.15) is 6.61 Å². The van der Waals surface area contributed by atoms with Crippen LogP contribution >= 0.6 is 0 Å². The third-order valence-electron chi connectivity index (χ3n) is 3.70. The molecular weight excluding hydrogens is 320 g/mol. The van der Waals surface area contributed by atoms with E-state index in [0.717, 1.165) is 4.68 Å². The van der Waals surface area contributed by atoms with E-state index in [-0.39, 0.29) is 12.3 Å². The average Bonchev–Trinajstić information content (AvgIpc) is 2.98. The van der Waals surface area contributed by atoms with Crippen LogP contribution in [0.15, 0.2) is 47.3 Å². The van der Waals surface area contributed by atoms with Crippen LogP contribution in [0.2, 0.25) is 0 Å². The summed E-state index contributed by atoms with van der Waals surface area (Å²) in [6.45, 7) is 0.152. The highest BCUT2D eigenvalue weighted by Crippen LogP contribution is 2.28. The molecule has 0 unspecified atom stereocenters. The Labute approximate surface area is 144 Å². The molecule has 0 aliphatic rings. The van der Waals surface area contributed by atoms with Crippen molar-refractivity contribution in [2.24, 2.45) is 7.05 Å². The van der Waals surface area contributed by atoms with Gasteiger partial charge in [-0.3, -0.25) is 0 Å². The van der Waals surface area contributed by atoms with Crippen molar-refractivity contribution in [3.05, 3.63) is 64.1 Å². The number of rotatable bonds is 5. The molecule has 0 bridgehead atoms. The molecule has 0 N–H and O–H groups in total. The normalized spacial score (nSPS) is 10.3. The van der Waals surface area contributed by atoms with Crippen molar-refractivity contribution in [1.29, 1.82) is 0 Å². The lowest BCUT2D eigenvalue weighted by Gasteiger charge is -2.14. The quantitative estimate of drug-likeness (QED) is 0.661. The number of tetrazole rings is 1. The molecule has 0 radical (unpaired) electrons. The van der Waals surface area contributed by atoms with Gasteiger partial charge in [-0.2, -0.15) is 9.36 Å². The predicted octanol–water partition coefficient (Wildman–Crippen LogP) is 1.53. The number of hydrogen-bond donors (Lipinski definition) is 0. The summed E-state index contributed by atoms with van der Waals surface area (Å²) in [6, 6.07) is 12.6. The zero-order valence-electron chi connectivity index (χ0n) is 13.8. The van der Waals surface area contributed by atoms with Crippen molar-refractivity contribution in [1.82, 2.24) is 19.8 Å². The van der Waals surface area contributed by atoms with E-state index < -0.39 is 0 Å². The summed E-state index contributed by atoms with van der Waals surface area (Å²) in [7, 11) is 3.10. The summed E-state index contributed by atoms with van der Waals surface area (Å²) >= 11 is 0. The molecule has 1 heterocycles. The van der Waals surface area contributed by atoms with Gasteiger partial charge in [0, 0.05) is 18.2 Å². The maximum absolute atomic E-state index is 12.2. The first kappa shape index (κ1) is 16.3. The second-order valence-corrected chi connectivity index (χ2v) is 5.18. The average molecular weight is 336 g/mol. The minimum absolute atomic E-state index is 0.152. The number of para-hydroxylation sites is 2. The number of methoxy groups -OCH3 is 1. The van der Waals surface area contributed by atoms with Crippen molar-refractivity contribution in [3.63, 3.8) is 0 Å². The largest absolute Gasteiger partial charge is 0.493 e. The number of ether oxygens (including phenoxy) is 2. The molecule has 126 valence electrons. The lowest BCUT2D eigenvalue weighted by molar-refractivity contribution is 0.284. The van der Waals surface area contributed by atoms with E-state index >= 15 is 0 Å². The van der Waals surface area contributed by atoms with Gasteiger partial charge in [0.05, 0.1) is 12.8 Å². The molecule has 3 rings (SSSR count). The van der Waals surface area contributed by atoms with Crippen molar-refractivity contribution in [2.45, 2.75) is 6.61 Å². The molecule has 2 aromatic carbocycles. The van der Waals surface area contributed by atoms with Crippen LogP contribution < -0.4 is 15.2 Å². The van der Waals surface area contributed by atoms with E-state index in [1.807, 2.05) is 12.1 Å². The molecule has 0 aliphatic heterocycles. The van der Waals surface area contributed by atoms with Crippen LogP contribution in [0, 0.1) is 12.3 Å². The predicted molar refractivity (Wildman–Crippen MR) is 91.9 cm³/mol. The highest BCUT2D eigenvalue weighted by atomic mass is 16.5. The van der Waals surface area contributed by atoms with Crippen LogP contribution in [0.25, 0.3) is 5.69 Å². The van der Waals surface area contributed by atoms with E-state index in [9.17, 15) is 4.79 Å². The zero-order chi connectivity index (χ0) is 17.8. The van der Waals surface area contributed by atoms with Gasteiger partial charge in [0.25, 0.3) is 0 Å². The summed E-state index contributed by atoms with van der Waals surface area (Å²) in [5.74, 6) is 3.80. The summed E-state index contributed by atoms with van der Waals surface area (Å²) in [6.07, 6.45) is 5.61. The maximum atomic E-state index is 12.2. The van der Waals surface area contributed by atoms with Crippen LogP contribution in [-0.2, 0) is 13.7 Å². The monoisotopic (exact) mass is 336 g/mol. The summed E-state index contributed by atoms with van der Waals surface area (Å²) < 4.78 is 13.5. The van der Waals surface area contributed by atoms with E-state index in [1.54, 1.807) is 37.4 Å². The molecular formula is C18H16N4O3. The molecule has 0 saturated carbocycles. The Hall–Kier alpha value is -3.53. The fraction of sp³-hybridized carbons (Fsp3) is 0.167. The van der Waals surface area contributed by atoms with Gasteiger partial charge in [-0.25, -0.2) is 4.79 Å². The van der Waals surface area contributed by atoms with Crippen molar-refractivity contribution in [2.75, 3.05) is 7.11 Å². The van der Waals surface area contributed by atoms with Gasteiger partial charge < -0.3 is 9.47 Å². The van der Waals surface area contributed by atoms with E-state index in [4.69, 9.17) is 15.9 Å². The van der Waals surface area contributed by atoms with Crippen LogP contribution in [-0.4, -0.2) is 26.9 Å². The lowest BCUT2D eigenvalue weighted by Crippen LogP contribution is -2.23. The highest BCUT2D eigenvalue weighted by Gasteiger charge is 2.15. The minimum Gasteiger partial charge on any atom is -0.493 e. The Kier molecular flexibility index (Phi) is 4.53. The van der Waals surface area contributed by atoms with Gasteiger partial charge >= 0.3 is 5.69 Å². The third kappa shape index (κ3) is 3.10. The standard InChI is InChI=1S/C18H16N4O3/c1-4-13-8-7-9-15(22-18(23)21(2)19-20-22)14(13)12-25-17-11-6-5-10-16(17)24-3/h1,5-11H,12H2,2-3H3. The Morgan fingerprint density at radius 2 is 1.88 bits per heavy atom. The fourth-order valence-electron chi connectivity index (χ4n) is 2.41. The number of nitrogens with zero attached hydrogens (tertiary/aromatic N) is 4. The number of benzene rings is 2. The molecule has 0 amide bonds. The molecule has 0 aliphatic carbocycles. The first-order chi connectivity index (χ1) is 12.2. The molecule has 25 heavy (non-hydrogen) atoms. The molecule has 1 aromatic heterocycles. The second-order valence-electron chi connectivity index (χ2n) is 5.18. The van der Waals surface area contributed by atoms with Gasteiger partial charge in [0.15, 0.2) is 11.5 Å². The zero-order valence-corrected chi connectivity index (χ0v) is 13.8. The summed E-state index contributed by atoms with van der Waals surface area (Å²) in [5.41, 5.74) is 1.44. The molecule has 7 nitrogen and oxygen atoms in total. The maximum Gasteiger partial charge on any atom is 0.368 e. The number of aromatic nitrogens is 4. The van der Waals surface area contributed by atoms with E-state index in [1.165, 1.54) is 11.7 Å². The number of terminal acetylenes is 1. The molecule has 7 heteroatoms. The molecule has 3 aromatic rings. The van der Waals surface area contributed by atoms with Crippen LogP contribution in [0.5, 0.6) is 11.5 Å². The third-order valence-corrected chi connectivity index (χ3v) is 3.70.